The highest BCUT2D eigenvalue weighted by Crippen LogP contribution is 2.29. The molecule has 4 rings (SSSR count). The van der Waals surface area contributed by atoms with Gasteiger partial charge in [-0.15, -0.1) is 0 Å². The second-order valence-electron chi connectivity index (χ2n) is 10.1. The average Bonchev–Trinajstić information content (AvgIpc) is 3.74. The summed E-state index contributed by atoms with van der Waals surface area (Å²) in [6.07, 6.45) is 1.60. The Morgan fingerprint density at radius 2 is 1.57 bits per heavy atom. The van der Waals surface area contributed by atoms with Crippen LogP contribution in [0, 0.1) is 12.8 Å². The average molecular weight is 554 g/mol. The van der Waals surface area contributed by atoms with Crippen molar-refractivity contribution in [3.8, 4) is 5.75 Å². The number of rotatable bonds is 11. The first-order valence-corrected chi connectivity index (χ1v) is 13.4. The van der Waals surface area contributed by atoms with Crippen molar-refractivity contribution in [1.29, 1.82) is 0 Å². The molecule has 0 saturated carbocycles. The number of ether oxygens (including phenoxy) is 3. The summed E-state index contributed by atoms with van der Waals surface area (Å²) in [5.41, 5.74) is 1.30. The van der Waals surface area contributed by atoms with Crippen LogP contribution in [0.25, 0.3) is 0 Å². The SMILES string of the molecule is COc1ccc(C)cc1.C[C@]1(C(=O)C(Cc2ccccc2)NC(=O)CNC(=O)CNC(=O)C2CCOCC2)CO1. The minimum Gasteiger partial charge on any atom is -0.497 e. The van der Waals surface area contributed by atoms with Gasteiger partial charge in [-0.25, -0.2) is 0 Å². The van der Waals surface area contributed by atoms with Crippen molar-refractivity contribution in [1.82, 2.24) is 16.0 Å². The molecule has 216 valence electrons. The van der Waals surface area contributed by atoms with Gasteiger partial charge in [-0.3, -0.25) is 19.2 Å². The molecule has 2 aliphatic rings. The molecule has 0 bridgehead atoms. The van der Waals surface area contributed by atoms with Crippen LogP contribution in [0.4, 0.5) is 0 Å². The van der Waals surface area contributed by atoms with Gasteiger partial charge in [0.15, 0.2) is 5.78 Å². The van der Waals surface area contributed by atoms with Crippen LogP contribution in [-0.2, 0) is 35.1 Å². The third-order valence-electron chi connectivity index (χ3n) is 6.75. The van der Waals surface area contributed by atoms with Gasteiger partial charge in [0.1, 0.15) is 11.4 Å². The molecule has 3 amide bonds. The van der Waals surface area contributed by atoms with Gasteiger partial charge in [-0.2, -0.15) is 0 Å². The number of ketones is 1. The van der Waals surface area contributed by atoms with Gasteiger partial charge >= 0.3 is 0 Å². The predicted molar refractivity (Wildman–Crippen MR) is 149 cm³/mol. The highest BCUT2D eigenvalue weighted by Gasteiger charge is 2.50. The zero-order chi connectivity index (χ0) is 29.0. The van der Waals surface area contributed by atoms with E-state index >= 15 is 0 Å². The van der Waals surface area contributed by atoms with Crippen molar-refractivity contribution in [2.75, 3.05) is 40.0 Å². The molecule has 2 aliphatic heterocycles. The third kappa shape index (κ3) is 10.1. The van der Waals surface area contributed by atoms with Crippen molar-refractivity contribution in [3.05, 3.63) is 65.7 Å². The Bertz CT molecular complexity index is 1130. The second-order valence-corrected chi connectivity index (χ2v) is 10.1. The number of Topliss-reactive ketones (excluding diaryl/α,β-unsaturated/α-hetero) is 1. The number of aryl methyl sites for hydroxylation is 1. The lowest BCUT2D eigenvalue weighted by molar-refractivity contribution is -0.132. The Hall–Kier alpha value is -3.76. The van der Waals surface area contributed by atoms with Crippen molar-refractivity contribution < 1.29 is 33.4 Å². The molecular weight excluding hydrogens is 514 g/mol. The molecular formula is C30H39N3O7. The topological polar surface area (TPSA) is 135 Å². The molecule has 10 heteroatoms. The van der Waals surface area contributed by atoms with E-state index in [1.54, 1.807) is 14.0 Å². The smallest absolute Gasteiger partial charge is 0.239 e. The highest BCUT2D eigenvalue weighted by atomic mass is 16.6. The number of hydrogen-bond donors (Lipinski definition) is 3. The maximum Gasteiger partial charge on any atom is 0.239 e. The minimum absolute atomic E-state index is 0.152. The van der Waals surface area contributed by atoms with Gasteiger partial charge in [0.05, 0.1) is 32.8 Å². The van der Waals surface area contributed by atoms with Crippen LogP contribution in [0.3, 0.4) is 0 Å². The molecule has 2 saturated heterocycles. The summed E-state index contributed by atoms with van der Waals surface area (Å²) in [6.45, 7) is 4.66. The molecule has 2 atom stereocenters. The monoisotopic (exact) mass is 553 g/mol. The zero-order valence-electron chi connectivity index (χ0n) is 23.4. The van der Waals surface area contributed by atoms with Gasteiger partial charge in [0.25, 0.3) is 0 Å². The molecule has 0 aromatic heterocycles. The Morgan fingerprint density at radius 3 is 2.17 bits per heavy atom. The van der Waals surface area contributed by atoms with E-state index in [0.717, 1.165) is 11.3 Å². The lowest BCUT2D eigenvalue weighted by Gasteiger charge is -2.21. The van der Waals surface area contributed by atoms with Crippen molar-refractivity contribution in [2.24, 2.45) is 5.92 Å². The summed E-state index contributed by atoms with van der Waals surface area (Å²) in [6, 6.07) is 16.6. The molecule has 10 nitrogen and oxygen atoms in total. The van der Waals surface area contributed by atoms with Gasteiger partial charge in [0.2, 0.25) is 17.7 Å². The number of carbonyl (C=O) groups is 4. The van der Waals surface area contributed by atoms with Gasteiger partial charge in [-0.1, -0.05) is 48.0 Å². The van der Waals surface area contributed by atoms with Crippen LogP contribution in [0.5, 0.6) is 5.75 Å². The minimum atomic E-state index is -0.871. The summed E-state index contributed by atoms with van der Waals surface area (Å²) in [7, 11) is 1.67. The van der Waals surface area contributed by atoms with E-state index < -0.39 is 23.5 Å². The highest BCUT2D eigenvalue weighted by molar-refractivity contribution is 5.97. The Morgan fingerprint density at radius 1 is 0.950 bits per heavy atom. The fourth-order valence-corrected chi connectivity index (χ4v) is 4.11. The molecule has 40 heavy (non-hydrogen) atoms. The maximum absolute atomic E-state index is 12.7. The van der Waals surface area contributed by atoms with E-state index in [2.05, 4.69) is 22.9 Å². The van der Waals surface area contributed by atoms with E-state index in [4.69, 9.17) is 14.2 Å². The van der Waals surface area contributed by atoms with E-state index in [9.17, 15) is 19.2 Å². The van der Waals surface area contributed by atoms with Crippen LogP contribution in [-0.4, -0.2) is 75.2 Å². The number of hydrogen-bond acceptors (Lipinski definition) is 7. The summed E-state index contributed by atoms with van der Waals surface area (Å²) in [5, 5.41) is 7.76. The van der Waals surface area contributed by atoms with Crippen LogP contribution in [0.2, 0.25) is 0 Å². The number of nitrogens with one attached hydrogen (secondary N) is 3. The largest absolute Gasteiger partial charge is 0.497 e. The fourth-order valence-electron chi connectivity index (χ4n) is 4.11. The quantitative estimate of drug-likeness (QED) is 0.361. The van der Waals surface area contributed by atoms with Crippen LogP contribution < -0.4 is 20.7 Å². The zero-order valence-corrected chi connectivity index (χ0v) is 23.4. The molecule has 1 unspecified atom stereocenters. The summed E-state index contributed by atoms with van der Waals surface area (Å²) >= 11 is 0. The molecule has 2 fully saturated rings. The fraction of sp³-hybridized carbons (Fsp3) is 0.467. The molecule has 0 spiro atoms. The Kier molecular flexibility index (Phi) is 11.6. The molecule has 2 aromatic rings. The molecule has 0 aliphatic carbocycles. The normalized spacial score (nSPS) is 18.8. The first-order chi connectivity index (χ1) is 19.2. The van der Waals surface area contributed by atoms with E-state index in [-0.39, 0.29) is 30.7 Å². The van der Waals surface area contributed by atoms with E-state index in [1.807, 2.05) is 54.6 Å². The van der Waals surface area contributed by atoms with Gasteiger partial charge in [-0.05, 0) is 50.8 Å². The molecule has 2 heterocycles. The Balaban J connectivity index is 0.000000415. The molecule has 2 aromatic carbocycles. The second kappa shape index (κ2) is 15.1. The number of benzene rings is 2. The Labute approximate surface area is 235 Å². The number of amides is 3. The number of methoxy groups -OCH3 is 1. The number of carbonyl (C=O) groups excluding carboxylic acids is 4. The molecule has 0 radical (unpaired) electrons. The van der Waals surface area contributed by atoms with Crippen LogP contribution in [0.1, 0.15) is 30.9 Å². The first-order valence-electron chi connectivity index (χ1n) is 13.4. The lowest BCUT2D eigenvalue weighted by atomic mass is 9.95. The van der Waals surface area contributed by atoms with Crippen LogP contribution in [0.15, 0.2) is 54.6 Å². The summed E-state index contributed by atoms with van der Waals surface area (Å²) in [5.74, 6) is -0.573. The van der Waals surface area contributed by atoms with Crippen molar-refractivity contribution in [2.45, 2.75) is 44.8 Å². The van der Waals surface area contributed by atoms with E-state index in [0.29, 0.717) is 39.1 Å². The van der Waals surface area contributed by atoms with Crippen LogP contribution >= 0.6 is 0 Å². The summed E-state index contributed by atoms with van der Waals surface area (Å²) in [4.78, 5) is 49.2. The van der Waals surface area contributed by atoms with E-state index in [1.165, 1.54) is 5.56 Å². The summed E-state index contributed by atoms with van der Waals surface area (Å²) < 4.78 is 15.4. The first kappa shape index (κ1) is 30.8. The third-order valence-corrected chi connectivity index (χ3v) is 6.75. The number of epoxide rings is 1. The van der Waals surface area contributed by atoms with Crippen molar-refractivity contribution >= 4 is 23.5 Å². The maximum atomic E-state index is 12.7. The van der Waals surface area contributed by atoms with Crippen molar-refractivity contribution in [3.63, 3.8) is 0 Å². The molecule has 3 N–H and O–H groups in total. The predicted octanol–water partition coefficient (Wildman–Crippen LogP) is 1.73. The van der Waals surface area contributed by atoms with Gasteiger partial charge < -0.3 is 30.2 Å². The van der Waals surface area contributed by atoms with Gasteiger partial charge in [0, 0.05) is 19.1 Å². The lowest BCUT2D eigenvalue weighted by Crippen LogP contribution is -2.50. The standard InChI is InChI=1S/C22H29N3O6.C8H10O/c1-22(14-31-22)20(28)17(11-15-5-3-2-4-6-15)25-19(27)13-23-18(26)12-24-21(29)16-7-9-30-10-8-16;1-7-3-5-8(9-2)6-4-7/h2-6,16-17H,7-14H2,1H3,(H,23,26)(H,24,29)(H,25,27);3-6H,1-2H3/t17?,22-;/m1./s1.